The quantitative estimate of drug-likeness (QED) is 0.853. The molecule has 1 N–H and O–H groups in total. The molecule has 0 radical (unpaired) electrons. The van der Waals surface area contributed by atoms with E-state index in [1.54, 1.807) is 12.3 Å². The number of sulfone groups is 1. The van der Waals surface area contributed by atoms with Gasteiger partial charge in [0.25, 0.3) is 5.91 Å². The molecule has 0 aromatic carbocycles. The fourth-order valence-corrected chi connectivity index (χ4v) is 4.47. The predicted molar refractivity (Wildman–Crippen MR) is 88.2 cm³/mol. The molecule has 2 aliphatic rings. The van der Waals surface area contributed by atoms with Crippen molar-refractivity contribution in [3.63, 3.8) is 0 Å². The van der Waals surface area contributed by atoms with Crippen LogP contribution in [0.3, 0.4) is 0 Å². The van der Waals surface area contributed by atoms with Gasteiger partial charge in [0.1, 0.15) is 11.5 Å². The highest BCUT2D eigenvalue weighted by Gasteiger charge is 2.37. The van der Waals surface area contributed by atoms with Gasteiger partial charge in [0, 0.05) is 19.0 Å². The van der Waals surface area contributed by atoms with Gasteiger partial charge in [0.15, 0.2) is 9.84 Å². The molecule has 8 nitrogen and oxygen atoms in total. The zero-order chi connectivity index (χ0) is 17.3. The molecule has 0 saturated carbocycles. The van der Waals surface area contributed by atoms with Crippen LogP contribution in [0.1, 0.15) is 24.8 Å². The zero-order valence-corrected chi connectivity index (χ0v) is 14.0. The van der Waals surface area contributed by atoms with Crippen molar-refractivity contribution in [3.05, 3.63) is 23.9 Å². The summed E-state index contributed by atoms with van der Waals surface area (Å²) in [4.78, 5) is 28.4. The van der Waals surface area contributed by atoms with Crippen molar-refractivity contribution in [2.75, 3.05) is 16.8 Å². The van der Waals surface area contributed by atoms with Gasteiger partial charge in [0.05, 0.1) is 17.5 Å². The number of anilines is 1. The lowest BCUT2D eigenvalue weighted by Crippen LogP contribution is -2.42. The number of nitrogens with one attached hydrogen (secondary N) is 1. The van der Waals surface area contributed by atoms with Gasteiger partial charge in [0.2, 0.25) is 5.91 Å². The first kappa shape index (κ1) is 16.6. The Bertz CT molecular complexity index is 819. The number of amides is 2. The number of hydrogen-bond donors (Lipinski definition) is 1. The van der Waals surface area contributed by atoms with Crippen molar-refractivity contribution in [1.82, 2.24) is 9.99 Å². The molecule has 0 bridgehead atoms. The summed E-state index contributed by atoms with van der Waals surface area (Å²) in [5, 5.41) is 7.96. The number of pyridine rings is 1. The smallest absolute Gasteiger partial charge is 0.273 e. The summed E-state index contributed by atoms with van der Waals surface area (Å²) in [5.41, 5.74) is 1.17. The van der Waals surface area contributed by atoms with E-state index < -0.39 is 21.8 Å². The Morgan fingerprint density at radius 1 is 1.38 bits per heavy atom. The second-order valence-corrected chi connectivity index (χ2v) is 8.24. The zero-order valence-electron chi connectivity index (χ0n) is 13.2. The molecule has 1 saturated heterocycles. The van der Waals surface area contributed by atoms with E-state index in [9.17, 15) is 18.0 Å². The Balaban J connectivity index is 1.76. The molecule has 24 heavy (non-hydrogen) atoms. The van der Waals surface area contributed by atoms with E-state index >= 15 is 0 Å². The maximum atomic E-state index is 12.3. The van der Waals surface area contributed by atoms with Crippen LogP contribution in [0.2, 0.25) is 0 Å². The van der Waals surface area contributed by atoms with Crippen molar-refractivity contribution in [2.45, 2.75) is 32.2 Å². The van der Waals surface area contributed by atoms with Crippen molar-refractivity contribution in [2.24, 2.45) is 5.10 Å². The average Bonchev–Trinajstić information content (AvgIpc) is 2.87. The summed E-state index contributed by atoms with van der Waals surface area (Å²) in [5.74, 6) is -0.314. The summed E-state index contributed by atoms with van der Waals surface area (Å²) >= 11 is 0. The molecule has 2 aliphatic heterocycles. The van der Waals surface area contributed by atoms with Crippen molar-refractivity contribution >= 4 is 33.2 Å². The second-order valence-electron chi connectivity index (χ2n) is 6.01. The first-order chi connectivity index (χ1) is 11.3. The monoisotopic (exact) mass is 350 g/mol. The number of aromatic nitrogens is 1. The SMILES string of the molecule is Cc1ccnc(NC(=O)C2=NN([C@H]3CCS(=O)(=O)C3)C(=O)CC2)c1. The minimum atomic E-state index is -3.13. The van der Waals surface area contributed by atoms with E-state index in [1.807, 2.05) is 13.0 Å². The van der Waals surface area contributed by atoms with E-state index in [0.29, 0.717) is 12.2 Å². The van der Waals surface area contributed by atoms with E-state index in [-0.39, 0.29) is 36.0 Å². The molecule has 1 aromatic rings. The largest absolute Gasteiger partial charge is 0.305 e. The van der Waals surface area contributed by atoms with Gasteiger partial charge in [-0.05, 0) is 31.0 Å². The maximum absolute atomic E-state index is 12.3. The Morgan fingerprint density at radius 2 is 2.17 bits per heavy atom. The molecule has 128 valence electrons. The van der Waals surface area contributed by atoms with Gasteiger partial charge in [-0.2, -0.15) is 5.10 Å². The first-order valence-corrected chi connectivity index (χ1v) is 9.50. The normalized spacial score (nSPS) is 23.0. The summed E-state index contributed by atoms with van der Waals surface area (Å²) in [6.45, 7) is 1.89. The third-order valence-electron chi connectivity index (χ3n) is 4.03. The fraction of sp³-hybridized carbons (Fsp3) is 0.467. The van der Waals surface area contributed by atoms with Crippen LogP contribution in [0.4, 0.5) is 5.82 Å². The van der Waals surface area contributed by atoms with E-state index in [0.717, 1.165) is 5.56 Å². The predicted octanol–water partition coefficient (Wildman–Crippen LogP) is 0.494. The lowest BCUT2D eigenvalue weighted by atomic mass is 10.1. The standard InChI is InChI=1S/C15H18N4O4S/c1-10-4-6-16-13(8-10)17-15(21)12-2-3-14(20)19(18-12)11-5-7-24(22,23)9-11/h4,6,8,11H,2-3,5,7,9H2,1H3,(H,16,17,21)/t11-/m0/s1. The minimum Gasteiger partial charge on any atom is -0.305 e. The number of aryl methyl sites for hydroxylation is 1. The van der Waals surface area contributed by atoms with Crippen LogP contribution in [0.5, 0.6) is 0 Å². The minimum absolute atomic E-state index is 0.0473. The molecule has 1 aromatic heterocycles. The third-order valence-corrected chi connectivity index (χ3v) is 5.78. The van der Waals surface area contributed by atoms with Crippen LogP contribution in [0.15, 0.2) is 23.4 Å². The van der Waals surface area contributed by atoms with Gasteiger partial charge in [-0.15, -0.1) is 0 Å². The molecule has 1 fully saturated rings. The Morgan fingerprint density at radius 3 is 2.83 bits per heavy atom. The fourth-order valence-electron chi connectivity index (χ4n) is 2.78. The van der Waals surface area contributed by atoms with Crippen LogP contribution in [0, 0.1) is 6.92 Å². The van der Waals surface area contributed by atoms with Gasteiger partial charge in [-0.25, -0.2) is 18.4 Å². The van der Waals surface area contributed by atoms with E-state index in [2.05, 4.69) is 15.4 Å². The lowest BCUT2D eigenvalue weighted by molar-refractivity contribution is -0.133. The number of rotatable bonds is 3. The Kier molecular flexibility index (Phi) is 4.35. The van der Waals surface area contributed by atoms with Crippen LogP contribution < -0.4 is 5.32 Å². The number of carbonyl (C=O) groups is 2. The highest BCUT2D eigenvalue weighted by Crippen LogP contribution is 2.22. The van der Waals surface area contributed by atoms with Crippen LogP contribution in [-0.4, -0.2) is 53.5 Å². The van der Waals surface area contributed by atoms with Gasteiger partial charge < -0.3 is 5.32 Å². The number of nitrogens with zero attached hydrogens (tertiary/aromatic N) is 3. The summed E-state index contributed by atoms with van der Waals surface area (Å²) in [6, 6.07) is 3.06. The summed E-state index contributed by atoms with van der Waals surface area (Å²) < 4.78 is 23.2. The molecule has 0 unspecified atom stereocenters. The first-order valence-electron chi connectivity index (χ1n) is 7.68. The molecular weight excluding hydrogens is 332 g/mol. The highest BCUT2D eigenvalue weighted by molar-refractivity contribution is 7.91. The molecule has 9 heteroatoms. The van der Waals surface area contributed by atoms with Crippen LogP contribution in [0.25, 0.3) is 0 Å². The topological polar surface area (TPSA) is 109 Å². The van der Waals surface area contributed by atoms with Crippen LogP contribution >= 0.6 is 0 Å². The van der Waals surface area contributed by atoms with E-state index in [1.165, 1.54) is 5.01 Å². The molecular formula is C15H18N4O4S. The van der Waals surface area contributed by atoms with Gasteiger partial charge >= 0.3 is 0 Å². The van der Waals surface area contributed by atoms with Crippen molar-refractivity contribution in [1.29, 1.82) is 0 Å². The summed E-state index contributed by atoms with van der Waals surface area (Å²) in [6.07, 6.45) is 2.31. The van der Waals surface area contributed by atoms with Gasteiger partial charge in [-0.3, -0.25) is 9.59 Å². The second kappa shape index (κ2) is 6.31. The Hall–Kier alpha value is -2.29. The van der Waals surface area contributed by atoms with Crippen molar-refractivity contribution < 1.29 is 18.0 Å². The van der Waals surface area contributed by atoms with E-state index in [4.69, 9.17) is 0 Å². The highest BCUT2D eigenvalue weighted by atomic mass is 32.2. The molecule has 2 amide bonds. The van der Waals surface area contributed by atoms with Gasteiger partial charge in [-0.1, -0.05) is 0 Å². The number of carbonyl (C=O) groups excluding carboxylic acids is 2. The molecule has 1 atom stereocenters. The molecule has 3 heterocycles. The molecule has 0 aliphatic carbocycles. The third kappa shape index (κ3) is 3.61. The Labute approximate surface area is 139 Å². The van der Waals surface area contributed by atoms with Crippen LogP contribution in [-0.2, 0) is 19.4 Å². The maximum Gasteiger partial charge on any atom is 0.273 e. The molecule has 3 rings (SSSR count). The average molecular weight is 350 g/mol. The molecule has 0 spiro atoms. The number of hydrazone groups is 1. The number of hydrogen-bond acceptors (Lipinski definition) is 6. The summed E-state index contributed by atoms with van der Waals surface area (Å²) in [7, 11) is -3.13. The lowest BCUT2D eigenvalue weighted by Gasteiger charge is -2.27. The van der Waals surface area contributed by atoms with Crippen molar-refractivity contribution in [3.8, 4) is 0 Å².